The Morgan fingerprint density at radius 2 is 1.63 bits per heavy atom. The molecule has 1 aromatic heterocycles. The second kappa shape index (κ2) is 14.7. The van der Waals surface area contributed by atoms with Gasteiger partial charge in [-0.2, -0.15) is 0 Å². The Morgan fingerprint density at radius 3 is 2.21 bits per heavy atom. The summed E-state index contributed by atoms with van der Waals surface area (Å²) in [6.07, 6.45) is -4.66. The quantitative estimate of drug-likeness (QED) is 0.0885. The van der Waals surface area contributed by atoms with E-state index in [0.717, 1.165) is 24.0 Å². The number of methoxy groups -OCH3 is 1. The summed E-state index contributed by atoms with van der Waals surface area (Å²) in [5.41, 5.74) is 2.34. The van der Waals surface area contributed by atoms with Crippen molar-refractivity contribution in [3.63, 3.8) is 0 Å². The number of nitrogens with zero attached hydrogens (tertiary/aromatic N) is 1. The third-order valence-corrected chi connectivity index (χ3v) is 10.2. The van der Waals surface area contributed by atoms with Crippen molar-refractivity contribution in [2.45, 2.75) is 47.1 Å². The van der Waals surface area contributed by atoms with Crippen LogP contribution in [0.1, 0.15) is 41.6 Å². The van der Waals surface area contributed by atoms with Crippen LogP contribution in [0.2, 0.25) is 5.02 Å². The molecule has 232 valence electrons. The Morgan fingerprint density at radius 1 is 0.953 bits per heavy atom. The number of esters is 1. The Bertz CT molecular complexity index is 1510. The van der Waals surface area contributed by atoms with Crippen LogP contribution in [0.4, 0.5) is 15.3 Å². The minimum absolute atomic E-state index is 0.0355. The van der Waals surface area contributed by atoms with Crippen molar-refractivity contribution in [3.8, 4) is 10.4 Å². The molecule has 14 heteroatoms. The van der Waals surface area contributed by atoms with Crippen LogP contribution in [0, 0.1) is 13.8 Å². The molecule has 0 saturated heterocycles. The van der Waals surface area contributed by atoms with Crippen molar-refractivity contribution in [1.29, 1.82) is 0 Å². The van der Waals surface area contributed by atoms with Crippen molar-refractivity contribution < 1.29 is 47.2 Å². The van der Waals surface area contributed by atoms with E-state index in [9.17, 15) is 18.9 Å². The number of hydrogen-bond acceptors (Lipinski definition) is 11. The minimum atomic E-state index is -4.11. The molecule has 11 nitrogen and oxygen atoms in total. The summed E-state index contributed by atoms with van der Waals surface area (Å²) in [4.78, 5) is 38.2. The predicted molar refractivity (Wildman–Crippen MR) is 163 cm³/mol. The highest BCUT2D eigenvalue weighted by atomic mass is 35.5. The number of carbonyl (C=O) groups excluding carboxylic acids is 3. The largest absolute Gasteiger partial charge is 0.511 e. The normalized spacial score (nSPS) is 13.7. The predicted octanol–water partition coefficient (Wildman–Crippen LogP) is 7.46. The SMILES string of the molecule is CCOC(=O)OC(C)N(c1cc(-c2ccc(Cl)cc2)sc1C(=O)OC(C)OC(=O)OC)P(=O)(OC)c1ccc(C)cc1C. The molecule has 3 atom stereocenters. The molecular formula is C29H33ClNO10PS. The van der Waals surface area contributed by atoms with Crippen molar-refractivity contribution in [2.24, 2.45) is 0 Å². The molecule has 3 aromatic rings. The molecule has 0 fully saturated rings. The molecule has 0 aliphatic rings. The molecule has 0 aliphatic heterocycles. The van der Waals surface area contributed by atoms with Gasteiger partial charge in [-0.1, -0.05) is 41.4 Å². The van der Waals surface area contributed by atoms with Crippen molar-refractivity contribution in [3.05, 3.63) is 69.6 Å². The highest BCUT2D eigenvalue weighted by Crippen LogP contribution is 2.56. The lowest BCUT2D eigenvalue weighted by Gasteiger charge is -2.36. The fourth-order valence-corrected chi connectivity index (χ4v) is 7.71. The fourth-order valence-electron chi connectivity index (χ4n) is 4.18. The van der Waals surface area contributed by atoms with Gasteiger partial charge in [0.2, 0.25) is 6.29 Å². The van der Waals surface area contributed by atoms with Crippen LogP contribution in [0.25, 0.3) is 10.4 Å². The molecule has 2 aromatic carbocycles. The summed E-state index contributed by atoms with van der Waals surface area (Å²) in [6.45, 7) is 8.13. The number of aryl methyl sites for hydroxylation is 2. The fraction of sp³-hybridized carbons (Fsp3) is 0.345. The highest BCUT2D eigenvalue weighted by Gasteiger charge is 2.43. The third-order valence-electron chi connectivity index (χ3n) is 6.04. The van der Waals surface area contributed by atoms with Gasteiger partial charge in [0.15, 0.2) is 6.23 Å². The van der Waals surface area contributed by atoms with Gasteiger partial charge in [-0.25, -0.2) is 14.4 Å². The molecule has 3 rings (SSSR count). The third kappa shape index (κ3) is 8.08. The maximum absolute atomic E-state index is 15.0. The first kappa shape index (κ1) is 33.9. The first-order valence-corrected chi connectivity index (χ1v) is 15.8. The molecular weight excluding hydrogens is 621 g/mol. The number of ether oxygens (including phenoxy) is 5. The van der Waals surface area contributed by atoms with Crippen molar-refractivity contribution in [2.75, 3.05) is 25.5 Å². The van der Waals surface area contributed by atoms with Crippen LogP contribution >= 0.6 is 30.5 Å². The van der Waals surface area contributed by atoms with E-state index >= 15 is 0 Å². The van der Waals surface area contributed by atoms with Crippen LogP contribution in [0.3, 0.4) is 0 Å². The summed E-state index contributed by atoms with van der Waals surface area (Å²) in [6, 6.07) is 13.7. The summed E-state index contributed by atoms with van der Waals surface area (Å²) >= 11 is 7.11. The van der Waals surface area contributed by atoms with E-state index in [1.807, 2.05) is 13.0 Å². The topological polar surface area (TPSA) is 127 Å². The van der Waals surface area contributed by atoms with Gasteiger partial charge in [0, 0.05) is 23.9 Å². The average molecular weight is 654 g/mol. The van der Waals surface area contributed by atoms with E-state index < -0.39 is 38.3 Å². The van der Waals surface area contributed by atoms with Crippen LogP contribution in [0.15, 0.2) is 48.5 Å². The number of benzene rings is 2. The van der Waals surface area contributed by atoms with Gasteiger partial charge in [-0.3, -0.25) is 9.24 Å². The zero-order valence-corrected chi connectivity index (χ0v) is 27.2. The first-order chi connectivity index (χ1) is 20.3. The Hall–Kier alpha value is -3.57. The van der Waals surface area contributed by atoms with E-state index in [1.165, 1.54) is 25.6 Å². The molecule has 0 amide bonds. The van der Waals surface area contributed by atoms with Gasteiger partial charge in [-0.15, -0.1) is 11.3 Å². The van der Waals surface area contributed by atoms with Crippen LogP contribution < -0.4 is 9.97 Å². The van der Waals surface area contributed by atoms with E-state index in [2.05, 4.69) is 4.74 Å². The number of halogens is 1. The van der Waals surface area contributed by atoms with Crippen LogP contribution in [0.5, 0.6) is 0 Å². The van der Waals surface area contributed by atoms with Crippen LogP contribution in [-0.2, 0) is 32.8 Å². The molecule has 0 spiro atoms. The minimum Gasteiger partial charge on any atom is -0.438 e. The van der Waals surface area contributed by atoms with Crippen LogP contribution in [-0.4, -0.2) is 51.6 Å². The summed E-state index contributed by atoms with van der Waals surface area (Å²) < 4.78 is 47.2. The lowest BCUT2D eigenvalue weighted by Crippen LogP contribution is -2.39. The first-order valence-electron chi connectivity index (χ1n) is 13.1. The Balaban J connectivity index is 2.27. The lowest BCUT2D eigenvalue weighted by atomic mass is 10.2. The van der Waals surface area contributed by atoms with Gasteiger partial charge in [0.05, 0.1) is 24.7 Å². The molecule has 1 heterocycles. The standard InChI is InChI=1S/C29H33ClNO10PS/c1-8-38-29(34)39-19(4)31(42(35,37-7)24-14-9-17(2)15-18(24)3)23-16-25(21-10-12-22(30)13-11-21)43-26(23)27(32)40-20(5)41-28(33)36-6/h9-16,19-20H,8H2,1-7H3. The molecule has 0 saturated carbocycles. The molecule has 0 radical (unpaired) electrons. The number of rotatable bonds is 11. The second-order valence-electron chi connectivity index (χ2n) is 9.11. The van der Waals surface area contributed by atoms with Gasteiger partial charge in [0.1, 0.15) is 4.88 Å². The van der Waals surface area contributed by atoms with Gasteiger partial charge >= 0.3 is 25.8 Å². The average Bonchev–Trinajstić information content (AvgIpc) is 3.38. The monoisotopic (exact) mass is 653 g/mol. The Labute approximate surface area is 259 Å². The lowest BCUT2D eigenvalue weighted by molar-refractivity contribution is -0.0778. The van der Waals surface area contributed by atoms with E-state index in [-0.39, 0.29) is 17.2 Å². The second-order valence-corrected chi connectivity index (χ2v) is 12.9. The number of thiophene rings is 1. The van der Waals surface area contributed by atoms with E-state index in [0.29, 0.717) is 26.3 Å². The van der Waals surface area contributed by atoms with Gasteiger partial charge in [-0.05, 0) is 63.1 Å². The maximum Gasteiger partial charge on any atom is 0.511 e. The molecule has 3 unspecified atom stereocenters. The summed E-state index contributed by atoms with van der Waals surface area (Å²) in [5, 5.41) is 0.826. The van der Waals surface area contributed by atoms with Gasteiger partial charge in [0.25, 0.3) is 0 Å². The molecule has 0 aliphatic carbocycles. The van der Waals surface area contributed by atoms with E-state index in [1.54, 1.807) is 56.3 Å². The summed E-state index contributed by atoms with van der Waals surface area (Å²) in [5.74, 6) is -0.909. The van der Waals surface area contributed by atoms with Crippen molar-refractivity contribution >= 4 is 59.7 Å². The smallest absolute Gasteiger partial charge is 0.438 e. The highest BCUT2D eigenvalue weighted by molar-refractivity contribution is 7.68. The number of anilines is 1. The van der Waals surface area contributed by atoms with Gasteiger partial charge < -0.3 is 28.2 Å². The molecule has 0 bridgehead atoms. The molecule has 43 heavy (non-hydrogen) atoms. The summed E-state index contributed by atoms with van der Waals surface area (Å²) in [7, 11) is -1.73. The van der Waals surface area contributed by atoms with E-state index in [4.69, 9.17) is 35.1 Å². The number of carbonyl (C=O) groups is 3. The number of hydrogen-bond donors (Lipinski definition) is 0. The zero-order chi connectivity index (χ0) is 31.9. The zero-order valence-electron chi connectivity index (χ0n) is 24.7. The Kier molecular flexibility index (Phi) is 11.6. The van der Waals surface area contributed by atoms with Crippen molar-refractivity contribution in [1.82, 2.24) is 0 Å². The maximum atomic E-state index is 15.0. The molecule has 0 N–H and O–H groups in total.